The van der Waals surface area contributed by atoms with Crippen molar-refractivity contribution in [2.75, 3.05) is 24.5 Å². The van der Waals surface area contributed by atoms with E-state index in [-0.39, 0.29) is 0 Å². The fraction of sp³-hybridized carbons (Fsp3) is 0.846. The minimum atomic E-state index is 0.662. The number of nitrogens with zero attached hydrogens (tertiary/aromatic N) is 3. The summed E-state index contributed by atoms with van der Waals surface area (Å²) in [5.74, 6) is 1.57. The van der Waals surface area contributed by atoms with Gasteiger partial charge in [-0.05, 0) is 25.3 Å². The van der Waals surface area contributed by atoms with Gasteiger partial charge < -0.3 is 14.6 Å². The maximum absolute atomic E-state index is 5.66. The van der Waals surface area contributed by atoms with Crippen molar-refractivity contribution in [2.24, 2.45) is 5.92 Å². The molecule has 0 radical (unpaired) electrons. The van der Waals surface area contributed by atoms with E-state index in [0.29, 0.717) is 18.5 Å². The number of hydrogen-bond acceptors (Lipinski definition) is 5. The molecular weight excluding hydrogens is 228 g/mol. The Hall–Kier alpha value is -1.10. The SMILES string of the molecule is CCCC1CCN(c2nnc(CNCC)o2)CC1. The van der Waals surface area contributed by atoms with Crippen LogP contribution in [0.5, 0.6) is 0 Å². The second-order valence-electron chi connectivity index (χ2n) is 4.98. The third-order valence-electron chi connectivity index (χ3n) is 3.56. The largest absolute Gasteiger partial charge is 0.407 e. The molecule has 5 heteroatoms. The number of rotatable bonds is 6. The van der Waals surface area contributed by atoms with E-state index in [4.69, 9.17) is 4.42 Å². The van der Waals surface area contributed by atoms with E-state index in [1.807, 2.05) is 0 Å². The van der Waals surface area contributed by atoms with Gasteiger partial charge >= 0.3 is 6.01 Å². The van der Waals surface area contributed by atoms with E-state index >= 15 is 0 Å². The third-order valence-corrected chi connectivity index (χ3v) is 3.56. The summed E-state index contributed by atoms with van der Waals surface area (Å²) in [7, 11) is 0. The summed E-state index contributed by atoms with van der Waals surface area (Å²) in [5.41, 5.74) is 0. The van der Waals surface area contributed by atoms with Crippen LogP contribution in [-0.2, 0) is 6.54 Å². The number of piperidine rings is 1. The zero-order chi connectivity index (χ0) is 12.8. The number of hydrogen-bond donors (Lipinski definition) is 1. The Kier molecular flexibility index (Phi) is 4.99. The monoisotopic (exact) mass is 252 g/mol. The Balaban J connectivity index is 1.83. The van der Waals surface area contributed by atoms with Gasteiger partial charge in [0.15, 0.2) is 0 Å². The molecule has 102 valence electrons. The Bertz CT molecular complexity index is 345. The van der Waals surface area contributed by atoms with Crippen LogP contribution in [0.1, 0.15) is 45.4 Å². The topological polar surface area (TPSA) is 54.2 Å². The lowest BCUT2D eigenvalue weighted by Crippen LogP contribution is -2.33. The zero-order valence-electron chi connectivity index (χ0n) is 11.5. The van der Waals surface area contributed by atoms with Crippen LogP contribution >= 0.6 is 0 Å². The molecule has 1 aliphatic heterocycles. The van der Waals surface area contributed by atoms with Gasteiger partial charge in [-0.1, -0.05) is 31.8 Å². The highest BCUT2D eigenvalue weighted by Gasteiger charge is 2.22. The minimum absolute atomic E-state index is 0.662. The van der Waals surface area contributed by atoms with Gasteiger partial charge in [0, 0.05) is 13.1 Å². The van der Waals surface area contributed by atoms with Crippen LogP contribution in [-0.4, -0.2) is 29.8 Å². The van der Waals surface area contributed by atoms with Gasteiger partial charge in [0.05, 0.1) is 6.54 Å². The summed E-state index contributed by atoms with van der Waals surface area (Å²) < 4.78 is 5.66. The summed E-state index contributed by atoms with van der Waals surface area (Å²) >= 11 is 0. The smallest absolute Gasteiger partial charge is 0.318 e. The van der Waals surface area contributed by atoms with Crippen molar-refractivity contribution in [1.82, 2.24) is 15.5 Å². The van der Waals surface area contributed by atoms with Crippen LogP contribution in [0.25, 0.3) is 0 Å². The highest BCUT2D eigenvalue weighted by atomic mass is 16.4. The van der Waals surface area contributed by atoms with E-state index in [2.05, 4.69) is 34.3 Å². The van der Waals surface area contributed by atoms with Crippen molar-refractivity contribution in [3.05, 3.63) is 5.89 Å². The second kappa shape index (κ2) is 6.73. The molecule has 0 atom stereocenters. The Morgan fingerprint density at radius 2 is 2.06 bits per heavy atom. The van der Waals surface area contributed by atoms with Crippen molar-refractivity contribution in [2.45, 2.75) is 46.1 Å². The number of aromatic nitrogens is 2. The fourth-order valence-corrected chi connectivity index (χ4v) is 2.50. The lowest BCUT2D eigenvalue weighted by molar-refractivity contribution is 0.361. The number of nitrogens with one attached hydrogen (secondary N) is 1. The molecule has 1 saturated heterocycles. The van der Waals surface area contributed by atoms with Crippen molar-refractivity contribution in [1.29, 1.82) is 0 Å². The quantitative estimate of drug-likeness (QED) is 0.841. The first-order valence-electron chi connectivity index (χ1n) is 7.11. The molecule has 0 saturated carbocycles. The average Bonchev–Trinajstić information content (AvgIpc) is 2.86. The molecule has 1 aliphatic rings. The van der Waals surface area contributed by atoms with Gasteiger partial charge in [0.25, 0.3) is 0 Å². The predicted molar refractivity (Wildman–Crippen MR) is 71.5 cm³/mol. The van der Waals surface area contributed by atoms with Crippen molar-refractivity contribution >= 4 is 6.01 Å². The molecule has 0 bridgehead atoms. The molecule has 1 fully saturated rings. The van der Waals surface area contributed by atoms with E-state index in [1.54, 1.807) is 0 Å². The summed E-state index contributed by atoms with van der Waals surface area (Å²) in [4.78, 5) is 2.22. The maximum atomic E-state index is 5.66. The van der Waals surface area contributed by atoms with Crippen LogP contribution in [0.2, 0.25) is 0 Å². The van der Waals surface area contributed by atoms with E-state index in [1.165, 1.54) is 25.7 Å². The predicted octanol–water partition coefficient (Wildman–Crippen LogP) is 2.20. The lowest BCUT2D eigenvalue weighted by atomic mass is 9.93. The van der Waals surface area contributed by atoms with Crippen molar-refractivity contribution in [3.8, 4) is 0 Å². The third kappa shape index (κ3) is 3.45. The standard InChI is InChI=1S/C13H24N4O/c1-3-5-11-6-8-17(9-7-11)13-16-15-12(18-13)10-14-4-2/h11,14H,3-10H2,1-2H3. The summed E-state index contributed by atoms with van der Waals surface area (Å²) in [5, 5.41) is 11.4. The van der Waals surface area contributed by atoms with E-state index in [0.717, 1.165) is 25.6 Å². The van der Waals surface area contributed by atoms with Crippen LogP contribution < -0.4 is 10.2 Å². The van der Waals surface area contributed by atoms with Gasteiger partial charge in [0.2, 0.25) is 5.89 Å². The van der Waals surface area contributed by atoms with Crippen LogP contribution in [0, 0.1) is 5.92 Å². The van der Waals surface area contributed by atoms with Gasteiger partial charge in [-0.15, -0.1) is 5.10 Å². The Morgan fingerprint density at radius 1 is 1.28 bits per heavy atom. The molecule has 1 aromatic heterocycles. The molecule has 0 aromatic carbocycles. The molecule has 0 amide bonds. The van der Waals surface area contributed by atoms with Crippen molar-refractivity contribution < 1.29 is 4.42 Å². The normalized spacial score (nSPS) is 17.3. The summed E-state index contributed by atoms with van der Waals surface area (Å²) in [6, 6.07) is 0.692. The van der Waals surface area contributed by atoms with Crippen LogP contribution in [0.15, 0.2) is 4.42 Å². The molecule has 0 spiro atoms. The second-order valence-corrected chi connectivity index (χ2v) is 4.98. The van der Waals surface area contributed by atoms with Gasteiger partial charge in [-0.3, -0.25) is 0 Å². The molecular formula is C13H24N4O. The lowest BCUT2D eigenvalue weighted by Gasteiger charge is -2.30. The van der Waals surface area contributed by atoms with Crippen LogP contribution in [0.3, 0.4) is 0 Å². The van der Waals surface area contributed by atoms with Gasteiger partial charge in [0.1, 0.15) is 0 Å². The minimum Gasteiger partial charge on any atom is -0.407 e. The highest BCUT2D eigenvalue weighted by Crippen LogP contribution is 2.25. The van der Waals surface area contributed by atoms with Gasteiger partial charge in [-0.25, -0.2) is 0 Å². The molecule has 2 heterocycles. The summed E-state index contributed by atoms with van der Waals surface area (Å²) in [6.07, 6.45) is 5.14. The zero-order valence-corrected chi connectivity index (χ0v) is 11.5. The Labute approximate surface area is 109 Å². The number of anilines is 1. The molecule has 1 N–H and O–H groups in total. The summed E-state index contributed by atoms with van der Waals surface area (Å²) in [6.45, 7) is 8.00. The van der Waals surface area contributed by atoms with Gasteiger partial charge in [-0.2, -0.15) is 0 Å². The van der Waals surface area contributed by atoms with E-state index in [9.17, 15) is 0 Å². The van der Waals surface area contributed by atoms with Crippen LogP contribution in [0.4, 0.5) is 6.01 Å². The molecule has 2 rings (SSSR count). The van der Waals surface area contributed by atoms with Crippen molar-refractivity contribution in [3.63, 3.8) is 0 Å². The molecule has 0 aliphatic carbocycles. The first kappa shape index (κ1) is 13.3. The Morgan fingerprint density at radius 3 is 2.72 bits per heavy atom. The van der Waals surface area contributed by atoms with E-state index < -0.39 is 0 Å². The molecule has 18 heavy (non-hydrogen) atoms. The first-order chi connectivity index (χ1) is 8.83. The highest BCUT2D eigenvalue weighted by molar-refractivity contribution is 5.24. The average molecular weight is 252 g/mol. The first-order valence-corrected chi connectivity index (χ1v) is 7.11. The fourth-order valence-electron chi connectivity index (χ4n) is 2.50. The molecule has 5 nitrogen and oxygen atoms in total. The maximum Gasteiger partial charge on any atom is 0.318 e. The molecule has 0 unspecified atom stereocenters. The molecule has 1 aromatic rings.